The van der Waals surface area contributed by atoms with Crippen LogP contribution < -0.4 is 15.6 Å². The predicted octanol–water partition coefficient (Wildman–Crippen LogP) is 1.49. The van der Waals surface area contributed by atoms with Crippen molar-refractivity contribution in [2.75, 3.05) is 20.2 Å². The first-order chi connectivity index (χ1) is 13.5. The lowest BCUT2D eigenvalue weighted by Gasteiger charge is -2.32. The number of ether oxygens (including phenoxy) is 1. The maximum absolute atomic E-state index is 13.3. The fraction of sp³-hybridized carbons (Fsp3) is 0.350. The maximum atomic E-state index is 13.3. The number of carbonyl (C=O) groups excluding carboxylic acids is 2. The number of hydrogen-bond donors (Lipinski definition) is 2. The molecule has 0 unspecified atom stereocenters. The SMILES string of the molecule is COc1ccccc1CC(=O)N1CCC(NC(=O)c2cc(F)c[nH]c2=O)CC1. The number of hydrogen-bond acceptors (Lipinski definition) is 4. The second kappa shape index (κ2) is 8.69. The van der Waals surface area contributed by atoms with Crippen molar-refractivity contribution < 1.29 is 18.7 Å². The van der Waals surface area contributed by atoms with E-state index in [1.54, 1.807) is 12.0 Å². The molecule has 2 amide bonds. The lowest BCUT2D eigenvalue weighted by Crippen LogP contribution is -2.47. The van der Waals surface area contributed by atoms with Crippen molar-refractivity contribution in [3.8, 4) is 5.75 Å². The maximum Gasteiger partial charge on any atom is 0.260 e. The highest BCUT2D eigenvalue weighted by Crippen LogP contribution is 2.20. The van der Waals surface area contributed by atoms with E-state index in [1.807, 2.05) is 24.3 Å². The van der Waals surface area contributed by atoms with Gasteiger partial charge in [0, 0.05) is 30.9 Å². The van der Waals surface area contributed by atoms with Gasteiger partial charge in [-0.1, -0.05) is 18.2 Å². The van der Waals surface area contributed by atoms with E-state index in [0.29, 0.717) is 31.7 Å². The van der Waals surface area contributed by atoms with Crippen molar-refractivity contribution in [1.82, 2.24) is 15.2 Å². The molecule has 7 nitrogen and oxygen atoms in total. The Morgan fingerprint density at radius 1 is 1.29 bits per heavy atom. The number of halogens is 1. The highest BCUT2D eigenvalue weighted by Gasteiger charge is 2.25. The van der Waals surface area contributed by atoms with Crippen LogP contribution in [-0.2, 0) is 11.2 Å². The van der Waals surface area contributed by atoms with Gasteiger partial charge in [-0.3, -0.25) is 14.4 Å². The topological polar surface area (TPSA) is 91.5 Å². The molecule has 1 aromatic carbocycles. The number of carbonyl (C=O) groups is 2. The van der Waals surface area contributed by atoms with E-state index in [0.717, 1.165) is 17.8 Å². The quantitative estimate of drug-likeness (QED) is 0.813. The van der Waals surface area contributed by atoms with Crippen molar-refractivity contribution in [1.29, 1.82) is 0 Å². The van der Waals surface area contributed by atoms with Gasteiger partial charge in [0.15, 0.2) is 0 Å². The van der Waals surface area contributed by atoms with Crippen LogP contribution in [0.15, 0.2) is 41.3 Å². The Kier molecular flexibility index (Phi) is 6.08. The monoisotopic (exact) mass is 387 g/mol. The van der Waals surface area contributed by atoms with Crippen LogP contribution >= 0.6 is 0 Å². The van der Waals surface area contributed by atoms with Crippen LogP contribution in [0.25, 0.3) is 0 Å². The Bertz CT molecular complexity index is 920. The Hall–Kier alpha value is -3.16. The molecule has 1 saturated heterocycles. The molecule has 1 aliphatic rings. The number of para-hydroxylation sites is 1. The number of amides is 2. The second-order valence-corrected chi connectivity index (χ2v) is 6.68. The van der Waals surface area contributed by atoms with Gasteiger partial charge in [0.1, 0.15) is 17.1 Å². The third-order valence-corrected chi connectivity index (χ3v) is 4.83. The van der Waals surface area contributed by atoms with E-state index in [1.165, 1.54) is 0 Å². The van der Waals surface area contributed by atoms with E-state index >= 15 is 0 Å². The highest BCUT2D eigenvalue weighted by atomic mass is 19.1. The van der Waals surface area contributed by atoms with E-state index in [4.69, 9.17) is 4.74 Å². The summed E-state index contributed by atoms with van der Waals surface area (Å²) in [4.78, 5) is 40.4. The molecule has 1 aromatic heterocycles. The Morgan fingerprint density at radius 3 is 2.71 bits per heavy atom. The van der Waals surface area contributed by atoms with E-state index < -0.39 is 17.3 Å². The summed E-state index contributed by atoms with van der Waals surface area (Å²) in [6.45, 7) is 0.997. The first-order valence-electron chi connectivity index (χ1n) is 9.06. The summed E-state index contributed by atoms with van der Waals surface area (Å²) in [7, 11) is 1.57. The second-order valence-electron chi connectivity index (χ2n) is 6.68. The van der Waals surface area contributed by atoms with Gasteiger partial charge >= 0.3 is 0 Å². The zero-order valence-corrected chi connectivity index (χ0v) is 15.5. The predicted molar refractivity (Wildman–Crippen MR) is 101 cm³/mol. The van der Waals surface area contributed by atoms with E-state index in [-0.39, 0.29) is 23.9 Å². The number of nitrogens with one attached hydrogen (secondary N) is 2. The summed E-state index contributed by atoms with van der Waals surface area (Å²) in [6.07, 6.45) is 2.29. The summed E-state index contributed by atoms with van der Waals surface area (Å²) in [5.41, 5.74) is -0.0613. The van der Waals surface area contributed by atoms with E-state index in [2.05, 4.69) is 10.3 Å². The molecule has 28 heavy (non-hydrogen) atoms. The average molecular weight is 387 g/mol. The first kappa shape index (κ1) is 19.6. The van der Waals surface area contributed by atoms with Crippen LogP contribution in [0, 0.1) is 5.82 Å². The van der Waals surface area contributed by atoms with Gasteiger partial charge in [-0.05, 0) is 25.0 Å². The number of nitrogens with zero attached hydrogens (tertiary/aromatic N) is 1. The first-order valence-corrected chi connectivity index (χ1v) is 9.06. The number of aromatic amines is 1. The summed E-state index contributed by atoms with van der Waals surface area (Å²) in [5.74, 6) is -0.616. The van der Waals surface area contributed by atoms with Gasteiger partial charge in [-0.2, -0.15) is 0 Å². The van der Waals surface area contributed by atoms with Crippen molar-refractivity contribution in [3.05, 3.63) is 63.8 Å². The molecule has 2 N–H and O–H groups in total. The van der Waals surface area contributed by atoms with Gasteiger partial charge < -0.3 is 19.9 Å². The van der Waals surface area contributed by atoms with Crippen LogP contribution in [0.2, 0.25) is 0 Å². The standard InChI is InChI=1S/C20H22FN3O4/c1-28-17-5-3-2-4-13(17)10-18(25)24-8-6-15(7-9-24)23-20(27)16-11-14(21)12-22-19(16)26/h2-5,11-12,15H,6-10H2,1H3,(H,22,26)(H,23,27). The number of benzene rings is 1. The number of pyridine rings is 1. The molecule has 0 bridgehead atoms. The van der Waals surface area contributed by atoms with Gasteiger partial charge in [-0.25, -0.2) is 4.39 Å². The van der Waals surface area contributed by atoms with Crippen molar-refractivity contribution in [3.63, 3.8) is 0 Å². The molecule has 8 heteroatoms. The fourth-order valence-electron chi connectivity index (χ4n) is 3.29. The number of piperidine rings is 1. The van der Waals surface area contributed by atoms with Crippen molar-refractivity contribution in [2.24, 2.45) is 0 Å². The molecule has 148 valence electrons. The van der Waals surface area contributed by atoms with Crippen molar-refractivity contribution in [2.45, 2.75) is 25.3 Å². The number of aromatic nitrogens is 1. The molecule has 3 rings (SSSR count). The molecule has 0 saturated carbocycles. The lowest BCUT2D eigenvalue weighted by molar-refractivity contribution is -0.131. The normalized spacial score (nSPS) is 14.6. The molecular formula is C20H22FN3O4. The van der Waals surface area contributed by atoms with Crippen LogP contribution in [0.1, 0.15) is 28.8 Å². The van der Waals surface area contributed by atoms with Crippen LogP contribution in [-0.4, -0.2) is 47.9 Å². The number of H-pyrrole nitrogens is 1. The number of rotatable bonds is 5. The summed E-state index contributed by atoms with van der Waals surface area (Å²) in [6, 6.07) is 8.13. The average Bonchev–Trinajstić information content (AvgIpc) is 2.70. The minimum atomic E-state index is -0.679. The molecule has 2 heterocycles. The molecule has 0 radical (unpaired) electrons. The van der Waals surface area contributed by atoms with Crippen molar-refractivity contribution >= 4 is 11.8 Å². The summed E-state index contributed by atoms with van der Waals surface area (Å²) >= 11 is 0. The minimum Gasteiger partial charge on any atom is -0.496 e. The number of likely N-dealkylation sites (tertiary alicyclic amines) is 1. The van der Waals surface area contributed by atoms with Crippen LogP contribution in [0.5, 0.6) is 5.75 Å². The Morgan fingerprint density at radius 2 is 2.00 bits per heavy atom. The third-order valence-electron chi connectivity index (χ3n) is 4.83. The lowest BCUT2D eigenvalue weighted by atomic mass is 10.0. The molecule has 2 aromatic rings. The van der Waals surface area contributed by atoms with Crippen LogP contribution in [0.4, 0.5) is 4.39 Å². The zero-order chi connectivity index (χ0) is 20.1. The number of methoxy groups -OCH3 is 1. The summed E-state index contributed by atoms with van der Waals surface area (Å²) < 4.78 is 18.5. The zero-order valence-electron chi connectivity index (χ0n) is 15.5. The minimum absolute atomic E-state index is 0.00384. The van der Waals surface area contributed by atoms with Gasteiger partial charge in [0.25, 0.3) is 11.5 Å². The van der Waals surface area contributed by atoms with Gasteiger partial charge in [0.05, 0.1) is 13.5 Å². The Labute approximate surface area is 161 Å². The molecule has 0 spiro atoms. The smallest absolute Gasteiger partial charge is 0.260 e. The van der Waals surface area contributed by atoms with Crippen LogP contribution in [0.3, 0.4) is 0 Å². The molecule has 1 fully saturated rings. The van der Waals surface area contributed by atoms with Gasteiger partial charge in [-0.15, -0.1) is 0 Å². The molecular weight excluding hydrogens is 365 g/mol. The largest absolute Gasteiger partial charge is 0.496 e. The fourth-order valence-corrected chi connectivity index (χ4v) is 3.29. The van der Waals surface area contributed by atoms with E-state index in [9.17, 15) is 18.8 Å². The molecule has 0 aliphatic carbocycles. The van der Waals surface area contributed by atoms with Gasteiger partial charge in [0.2, 0.25) is 5.91 Å². The molecule has 0 atom stereocenters. The molecule has 1 aliphatic heterocycles. The Balaban J connectivity index is 1.54. The highest BCUT2D eigenvalue weighted by molar-refractivity contribution is 5.94. The summed E-state index contributed by atoms with van der Waals surface area (Å²) in [5, 5.41) is 2.75. The third kappa shape index (κ3) is 4.57.